The molecule has 7 nitrogen and oxygen atoms in total. The highest BCUT2D eigenvalue weighted by atomic mass is 16.5. The van der Waals surface area contributed by atoms with Gasteiger partial charge in [0.05, 0.1) is 12.6 Å². The third-order valence-electron chi connectivity index (χ3n) is 6.15. The first-order valence-electron chi connectivity index (χ1n) is 11.4. The summed E-state index contributed by atoms with van der Waals surface area (Å²) in [6.07, 6.45) is 9.58. The average Bonchev–Trinajstić information content (AvgIpc) is 3.50. The zero-order valence-corrected chi connectivity index (χ0v) is 18.0. The molecule has 1 saturated carbocycles. The second-order valence-electron chi connectivity index (χ2n) is 8.37. The first-order chi connectivity index (χ1) is 14.8. The molecule has 0 atom stereocenters. The van der Waals surface area contributed by atoms with Crippen molar-refractivity contribution >= 4 is 5.96 Å². The number of benzene rings is 1. The van der Waals surface area contributed by atoms with Crippen molar-refractivity contribution in [2.24, 2.45) is 10.9 Å². The maximum atomic E-state index is 6.23. The van der Waals surface area contributed by atoms with E-state index in [1.165, 1.54) is 32.0 Å². The molecule has 4 rings (SSSR count). The summed E-state index contributed by atoms with van der Waals surface area (Å²) in [4.78, 5) is 11.5. The highest BCUT2D eigenvalue weighted by Gasteiger charge is 2.23. The van der Waals surface area contributed by atoms with Gasteiger partial charge in [-0.15, -0.1) is 0 Å². The summed E-state index contributed by atoms with van der Waals surface area (Å²) >= 11 is 0. The molecule has 2 aliphatic rings. The van der Waals surface area contributed by atoms with E-state index in [0.717, 1.165) is 67.9 Å². The van der Waals surface area contributed by atoms with E-state index in [9.17, 15) is 0 Å². The van der Waals surface area contributed by atoms with Crippen molar-refractivity contribution in [3.05, 3.63) is 36.2 Å². The highest BCUT2D eigenvalue weighted by Crippen LogP contribution is 2.26. The molecule has 0 bridgehead atoms. The Morgan fingerprint density at radius 1 is 1.23 bits per heavy atom. The number of rotatable bonds is 7. The molecule has 2 aromatic rings. The van der Waals surface area contributed by atoms with Crippen molar-refractivity contribution < 1.29 is 4.74 Å². The molecular weight excluding hydrogens is 376 g/mol. The predicted octanol–water partition coefficient (Wildman–Crippen LogP) is 3.61. The zero-order chi connectivity index (χ0) is 20.6. The van der Waals surface area contributed by atoms with Crippen LogP contribution in [0.4, 0.5) is 0 Å². The van der Waals surface area contributed by atoms with Gasteiger partial charge in [0.15, 0.2) is 11.8 Å². The molecule has 2 fully saturated rings. The number of aliphatic imine (C=N–C) groups is 1. The summed E-state index contributed by atoms with van der Waals surface area (Å²) in [5.74, 6) is 2.58. The van der Waals surface area contributed by atoms with Gasteiger partial charge in [-0.1, -0.05) is 31.0 Å². The van der Waals surface area contributed by atoms with Crippen LogP contribution >= 0.6 is 0 Å². The molecule has 0 radical (unpaired) electrons. The maximum absolute atomic E-state index is 6.23. The molecule has 162 valence electrons. The maximum Gasteiger partial charge on any atom is 0.194 e. The lowest BCUT2D eigenvalue weighted by Crippen LogP contribution is -2.47. The third-order valence-corrected chi connectivity index (χ3v) is 6.15. The fourth-order valence-electron chi connectivity index (χ4n) is 4.44. The van der Waals surface area contributed by atoms with Gasteiger partial charge < -0.3 is 15.0 Å². The number of guanidine groups is 1. The number of H-pyrrole nitrogens is 1. The van der Waals surface area contributed by atoms with Crippen molar-refractivity contribution in [3.63, 3.8) is 0 Å². The summed E-state index contributed by atoms with van der Waals surface area (Å²) in [6, 6.07) is 8.31. The van der Waals surface area contributed by atoms with Crippen molar-refractivity contribution in [1.29, 1.82) is 0 Å². The van der Waals surface area contributed by atoms with Gasteiger partial charge in [0.2, 0.25) is 0 Å². The van der Waals surface area contributed by atoms with Crippen LogP contribution in [-0.2, 0) is 11.3 Å². The molecular formula is C23H34N6O. The number of piperidine rings is 1. The fourth-order valence-corrected chi connectivity index (χ4v) is 4.44. The number of hydrogen-bond donors (Lipinski definition) is 2. The molecule has 1 aliphatic carbocycles. The number of likely N-dealkylation sites (tertiary alicyclic amines) is 1. The molecule has 30 heavy (non-hydrogen) atoms. The fraction of sp³-hybridized carbons (Fsp3) is 0.609. The zero-order valence-electron chi connectivity index (χ0n) is 18.0. The van der Waals surface area contributed by atoms with Crippen LogP contribution in [0.25, 0.3) is 11.4 Å². The van der Waals surface area contributed by atoms with Crippen molar-refractivity contribution in [1.82, 2.24) is 25.4 Å². The SMILES string of the molecule is CCNC(=NCc1cccc(-c2ncn[nH]2)c1)N1CCC(OCC2CCCC2)CC1. The van der Waals surface area contributed by atoms with E-state index >= 15 is 0 Å². The molecule has 1 aliphatic heterocycles. The van der Waals surface area contributed by atoms with Gasteiger partial charge in [-0.05, 0) is 50.2 Å². The minimum absolute atomic E-state index is 0.406. The summed E-state index contributed by atoms with van der Waals surface area (Å²) in [7, 11) is 0. The van der Waals surface area contributed by atoms with E-state index in [2.05, 4.69) is 44.5 Å². The van der Waals surface area contributed by atoms with Crippen LogP contribution in [0.15, 0.2) is 35.6 Å². The van der Waals surface area contributed by atoms with Crippen LogP contribution in [0.1, 0.15) is 51.0 Å². The standard InChI is InChI=1S/C23H34N6O/c1-2-24-23(25-15-19-8-5-9-20(14-19)22-26-17-27-28-22)29-12-10-21(11-13-29)30-16-18-6-3-4-7-18/h5,8-9,14,17-18,21H,2-4,6-7,10-13,15-16H2,1H3,(H,24,25)(H,26,27,28). The van der Waals surface area contributed by atoms with Crippen LogP contribution in [0.3, 0.4) is 0 Å². The molecule has 1 aromatic carbocycles. The van der Waals surface area contributed by atoms with Crippen LogP contribution in [-0.4, -0.2) is 58.4 Å². The molecule has 0 unspecified atom stereocenters. The number of aromatic amines is 1. The quantitative estimate of drug-likeness (QED) is 0.539. The van der Waals surface area contributed by atoms with Crippen LogP contribution in [0.2, 0.25) is 0 Å². The molecule has 2 heterocycles. The topological polar surface area (TPSA) is 78.4 Å². The monoisotopic (exact) mass is 410 g/mol. The Balaban J connectivity index is 1.31. The number of nitrogens with one attached hydrogen (secondary N) is 2. The van der Waals surface area contributed by atoms with E-state index in [4.69, 9.17) is 9.73 Å². The number of nitrogens with zero attached hydrogens (tertiary/aromatic N) is 4. The van der Waals surface area contributed by atoms with Gasteiger partial charge in [-0.25, -0.2) is 9.98 Å². The Kier molecular flexibility index (Phi) is 7.34. The largest absolute Gasteiger partial charge is 0.378 e. The van der Waals surface area contributed by atoms with Gasteiger partial charge in [-0.3, -0.25) is 5.10 Å². The Bertz CT molecular complexity index is 792. The van der Waals surface area contributed by atoms with Gasteiger partial charge in [0.1, 0.15) is 6.33 Å². The lowest BCUT2D eigenvalue weighted by Gasteiger charge is -2.34. The molecule has 1 saturated heterocycles. The lowest BCUT2D eigenvalue weighted by molar-refractivity contribution is 0.00101. The second kappa shape index (κ2) is 10.6. The normalized spacial score (nSPS) is 18.8. The van der Waals surface area contributed by atoms with E-state index in [0.29, 0.717) is 12.6 Å². The first-order valence-corrected chi connectivity index (χ1v) is 11.4. The Morgan fingerprint density at radius 2 is 2.07 bits per heavy atom. The van der Waals surface area contributed by atoms with Gasteiger partial charge in [0, 0.05) is 31.8 Å². The van der Waals surface area contributed by atoms with Crippen LogP contribution in [0, 0.1) is 5.92 Å². The minimum Gasteiger partial charge on any atom is -0.378 e. The van der Waals surface area contributed by atoms with E-state index in [-0.39, 0.29) is 0 Å². The minimum atomic E-state index is 0.406. The van der Waals surface area contributed by atoms with Crippen molar-refractivity contribution in [2.45, 2.75) is 58.1 Å². The summed E-state index contributed by atoms with van der Waals surface area (Å²) in [5.41, 5.74) is 2.19. The lowest BCUT2D eigenvalue weighted by atomic mass is 10.1. The first kappa shape index (κ1) is 20.8. The van der Waals surface area contributed by atoms with Crippen LogP contribution in [0.5, 0.6) is 0 Å². The van der Waals surface area contributed by atoms with Crippen molar-refractivity contribution in [3.8, 4) is 11.4 Å². The molecule has 0 amide bonds. The Morgan fingerprint density at radius 3 is 2.80 bits per heavy atom. The Labute approximate surface area is 179 Å². The molecule has 7 heteroatoms. The Hall–Kier alpha value is -2.41. The smallest absolute Gasteiger partial charge is 0.194 e. The van der Waals surface area contributed by atoms with Gasteiger partial charge >= 0.3 is 0 Å². The molecule has 1 aromatic heterocycles. The van der Waals surface area contributed by atoms with E-state index in [1.807, 2.05) is 12.1 Å². The van der Waals surface area contributed by atoms with Crippen molar-refractivity contribution in [2.75, 3.05) is 26.2 Å². The second-order valence-corrected chi connectivity index (χ2v) is 8.37. The van der Waals surface area contributed by atoms with E-state index < -0.39 is 0 Å². The van der Waals surface area contributed by atoms with E-state index in [1.54, 1.807) is 0 Å². The summed E-state index contributed by atoms with van der Waals surface area (Å²) < 4.78 is 6.23. The average molecular weight is 411 g/mol. The molecule has 2 N–H and O–H groups in total. The van der Waals surface area contributed by atoms with Crippen LogP contribution < -0.4 is 5.32 Å². The third kappa shape index (κ3) is 5.59. The van der Waals surface area contributed by atoms with Gasteiger partial charge in [0.25, 0.3) is 0 Å². The summed E-state index contributed by atoms with van der Waals surface area (Å²) in [5, 5.41) is 10.3. The van der Waals surface area contributed by atoms with Gasteiger partial charge in [-0.2, -0.15) is 5.10 Å². The number of hydrogen-bond acceptors (Lipinski definition) is 4. The highest BCUT2D eigenvalue weighted by molar-refractivity contribution is 5.80. The molecule has 0 spiro atoms. The summed E-state index contributed by atoms with van der Waals surface area (Å²) in [6.45, 7) is 6.59. The predicted molar refractivity (Wildman–Crippen MR) is 119 cm³/mol. The number of aromatic nitrogens is 3. The number of ether oxygens (including phenoxy) is 1.